The van der Waals surface area contributed by atoms with Crippen LogP contribution in [-0.2, 0) is 9.53 Å². The maximum absolute atomic E-state index is 12.1. The van der Waals surface area contributed by atoms with Crippen molar-refractivity contribution < 1.29 is 9.53 Å². The van der Waals surface area contributed by atoms with Gasteiger partial charge >= 0.3 is 5.97 Å². The van der Waals surface area contributed by atoms with Crippen LogP contribution in [0, 0.1) is 5.92 Å². The molecule has 2 heterocycles. The first kappa shape index (κ1) is 11.5. The number of rotatable bonds is 2. The van der Waals surface area contributed by atoms with Crippen molar-refractivity contribution >= 4 is 5.97 Å². The molecule has 2 saturated heterocycles. The number of fused-ring (bicyclic) bond motifs is 2. The predicted molar refractivity (Wildman–Crippen MR) is 65.6 cm³/mol. The van der Waals surface area contributed by atoms with Crippen LogP contribution in [0.5, 0.6) is 0 Å². The van der Waals surface area contributed by atoms with E-state index in [-0.39, 0.29) is 18.0 Å². The lowest BCUT2D eigenvalue weighted by atomic mass is 9.89. The first-order valence-electron chi connectivity index (χ1n) is 7.29. The summed E-state index contributed by atoms with van der Waals surface area (Å²) in [6.07, 6.45) is 10.7. The molecule has 3 nitrogen and oxygen atoms in total. The quantitative estimate of drug-likeness (QED) is 0.749. The van der Waals surface area contributed by atoms with Gasteiger partial charge < -0.3 is 10.1 Å². The molecule has 1 saturated carbocycles. The summed E-state index contributed by atoms with van der Waals surface area (Å²) in [5.74, 6) is 0.285. The van der Waals surface area contributed by atoms with Gasteiger partial charge in [0.25, 0.3) is 0 Å². The third-order valence-electron chi connectivity index (χ3n) is 4.69. The van der Waals surface area contributed by atoms with Crippen molar-refractivity contribution in [3.05, 3.63) is 0 Å². The molecule has 3 atom stereocenters. The Morgan fingerprint density at radius 2 is 1.82 bits per heavy atom. The number of hydrogen-bond donors (Lipinski definition) is 1. The molecule has 2 bridgehead atoms. The second-order valence-electron chi connectivity index (χ2n) is 5.95. The summed E-state index contributed by atoms with van der Waals surface area (Å²) in [5.41, 5.74) is 0. The first-order valence-corrected chi connectivity index (χ1v) is 7.29. The Kier molecular flexibility index (Phi) is 3.37. The first-order chi connectivity index (χ1) is 8.33. The SMILES string of the molecule is O=C(O[C@H]1C[C@@H]2CCC[C@H]1N2)C1CCCCC1. The van der Waals surface area contributed by atoms with E-state index < -0.39 is 0 Å². The number of ether oxygens (including phenoxy) is 1. The third kappa shape index (κ3) is 2.49. The van der Waals surface area contributed by atoms with E-state index in [2.05, 4.69) is 5.32 Å². The molecule has 0 radical (unpaired) electrons. The lowest BCUT2D eigenvalue weighted by Gasteiger charge is -2.25. The number of nitrogens with one attached hydrogen (secondary N) is 1. The van der Waals surface area contributed by atoms with Gasteiger partial charge in [-0.2, -0.15) is 0 Å². The van der Waals surface area contributed by atoms with Crippen LogP contribution in [0.3, 0.4) is 0 Å². The van der Waals surface area contributed by atoms with Crippen LogP contribution in [0.4, 0.5) is 0 Å². The van der Waals surface area contributed by atoms with Crippen molar-refractivity contribution in [2.24, 2.45) is 5.92 Å². The van der Waals surface area contributed by atoms with Gasteiger partial charge in [-0.05, 0) is 25.7 Å². The maximum Gasteiger partial charge on any atom is 0.309 e. The fourth-order valence-corrected chi connectivity index (χ4v) is 3.69. The van der Waals surface area contributed by atoms with Gasteiger partial charge in [0.05, 0.1) is 5.92 Å². The zero-order valence-electron chi connectivity index (χ0n) is 10.5. The second-order valence-corrected chi connectivity index (χ2v) is 5.95. The highest BCUT2D eigenvalue weighted by molar-refractivity contribution is 5.72. The van der Waals surface area contributed by atoms with Crippen LogP contribution in [-0.4, -0.2) is 24.2 Å². The van der Waals surface area contributed by atoms with Gasteiger partial charge in [0.1, 0.15) is 6.10 Å². The van der Waals surface area contributed by atoms with E-state index >= 15 is 0 Å². The largest absolute Gasteiger partial charge is 0.460 e. The van der Waals surface area contributed by atoms with Crippen LogP contribution in [0.1, 0.15) is 57.8 Å². The van der Waals surface area contributed by atoms with E-state index in [0.29, 0.717) is 12.1 Å². The molecule has 1 aliphatic carbocycles. The number of carbonyl (C=O) groups excluding carboxylic acids is 1. The Morgan fingerprint density at radius 3 is 2.59 bits per heavy atom. The molecule has 0 spiro atoms. The summed E-state index contributed by atoms with van der Waals surface area (Å²) in [4.78, 5) is 12.1. The molecule has 17 heavy (non-hydrogen) atoms. The zero-order valence-corrected chi connectivity index (χ0v) is 10.5. The smallest absolute Gasteiger partial charge is 0.309 e. The summed E-state index contributed by atoms with van der Waals surface area (Å²) in [7, 11) is 0. The van der Waals surface area contributed by atoms with Gasteiger partial charge in [-0.3, -0.25) is 4.79 Å². The normalized spacial score (nSPS) is 38.0. The van der Waals surface area contributed by atoms with E-state index in [9.17, 15) is 4.79 Å². The van der Waals surface area contributed by atoms with Crippen molar-refractivity contribution in [1.29, 1.82) is 0 Å². The van der Waals surface area contributed by atoms with E-state index in [0.717, 1.165) is 19.3 Å². The van der Waals surface area contributed by atoms with Gasteiger partial charge in [-0.15, -0.1) is 0 Å². The minimum absolute atomic E-state index is 0.0871. The molecule has 3 aliphatic rings. The van der Waals surface area contributed by atoms with E-state index in [4.69, 9.17) is 4.74 Å². The van der Waals surface area contributed by atoms with Gasteiger partial charge in [0, 0.05) is 18.5 Å². The lowest BCUT2D eigenvalue weighted by molar-refractivity contribution is -0.155. The Labute approximate surface area is 103 Å². The topological polar surface area (TPSA) is 38.3 Å². The predicted octanol–water partition coefficient (Wildman–Crippen LogP) is 2.39. The monoisotopic (exact) mass is 237 g/mol. The Balaban J connectivity index is 1.54. The molecule has 0 aromatic rings. The molecule has 0 aromatic carbocycles. The fourth-order valence-electron chi connectivity index (χ4n) is 3.69. The zero-order chi connectivity index (χ0) is 11.7. The van der Waals surface area contributed by atoms with Crippen LogP contribution >= 0.6 is 0 Å². The molecule has 0 aromatic heterocycles. The average molecular weight is 237 g/mol. The summed E-state index contributed by atoms with van der Waals surface area (Å²) < 4.78 is 5.76. The summed E-state index contributed by atoms with van der Waals surface area (Å²) in [6.45, 7) is 0. The lowest BCUT2D eigenvalue weighted by Crippen LogP contribution is -2.39. The van der Waals surface area contributed by atoms with Crippen molar-refractivity contribution in [3.8, 4) is 0 Å². The molecule has 3 heteroatoms. The maximum atomic E-state index is 12.1. The van der Waals surface area contributed by atoms with Crippen LogP contribution in [0.15, 0.2) is 0 Å². The molecule has 3 rings (SSSR count). The highest BCUT2D eigenvalue weighted by Crippen LogP contribution is 2.31. The highest BCUT2D eigenvalue weighted by Gasteiger charge is 2.39. The van der Waals surface area contributed by atoms with Gasteiger partial charge in [-0.1, -0.05) is 25.7 Å². The van der Waals surface area contributed by atoms with Crippen molar-refractivity contribution in [2.75, 3.05) is 0 Å². The standard InChI is InChI=1S/C14H23NO2/c16-14(10-5-2-1-3-6-10)17-13-9-11-7-4-8-12(13)15-11/h10-13,15H,1-9H2/t11-,12+,13-/m0/s1. The highest BCUT2D eigenvalue weighted by atomic mass is 16.5. The van der Waals surface area contributed by atoms with Gasteiger partial charge in [0.2, 0.25) is 0 Å². The number of carbonyl (C=O) groups is 1. The summed E-state index contributed by atoms with van der Waals surface area (Å²) in [5, 5.41) is 3.57. The minimum atomic E-state index is 0.0871. The molecule has 1 N–H and O–H groups in total. The van der Waals surface area contributed by atoms with E-state index in [1.54, 1.807) is 0 Å². The molecule has 96 valence electrons. The fraction of sp³-hybridized carbons (Fsp3) is 0.929. The molecule has 2 aliphatic heterocycles. The molecule has 0 amide bonds. The number of esters is 1. The number of hydrogen-bond acceptors (Lipinski definition) is 3. The average Bonchev–Trinajstić information content (AvgIpc) is 2.65. The number of piperidine rings is 1. The van der Waals surface area contributed by atoms with E-state index in [1.807, 2.05) is 0 Å². The van der Waals surface area contributed by atoms with Crippen LogP contribution in [0.25, 0.3) is 0 Å². The van der Waals surface area contributed by atoms with Crippen molar-refractivity contribution in [3.63, 3.8) is 0 Å². The van der Waals surface area contributed by atoms with Gasteiger partial charge in [0.15, 0.2) is 0 Å². The third-order valence-corrected chi connectivity index (χ3v) is 4.69. The Hall–Kier alpha value is -0.570. The second kappa shape index (κ2) is 4.97. The van der Waals surface area contributed by atoms with Gasteiger partial charge in [-0.25, -0.2) is 0 Å². The Bertz CT molecular complexity index is 286. The van der Waals surface area contributed by atoms with Crippen molar-refractivity contribution in [2.45, 2.75) is 76.0 Å². The van der Waals surface area contributed by atoms with Crippen molar-refractivity contribution in [1.82, 2.24) is 5.32 Å². The molecular formula is C14H23NO2. The summed E-state index contributed by atoms with van der Waals surface area (Å²) >= 11 is 0. The molecular weight excluding hydrogens is 214 g/mol. The Morgan fingerprint density at radius 1 is 1.00 bits per heavy atom. The minimum Gasteiger partial charge on any atom is -0.460 e. The van der Waals surface area contributed by atoms with E-state index in [1.165, 1.54) is 38.5 Å². The van der Waals surface area contributed by atoms with Crippen LogP contribution < -0.4 is 5.32 Å². The molecule has 0 unspecified atom stereocenters. The summed E-state index contributed by atoms with van der Waals surface area (Å²) in [6, 6.07) is 1.05. The van der Waals surface area contributed by atoms with Crippen LogP contribution in [0.2, 0.25) is 0 Å². The molecule has 3 fully saturated rings.